The second-order valence-electron chi connectivity index (χ2n) is 4.97. The average molecular weight is 244 g/mol. The number of aryl methyl sites for hydroxylation is 3. The van der Waals surface area contributed by atoms with E-state index in [-0.39, 0.29) is 0 Å². The Morgan fingerprint density at radius 2 is 1.67 bits per heavy atom. The summed E-state index contributed by atoms with van der Waals surface area (Å²) >= 11 is 0. The summed E-state index contributed by atoms with van der Waals surface area (Å²) in [5.41, 5.74) is 6.63. The van der Waals surface area contributed by atoms with Crippen LogP contribution in [0.25, 0.3) is 0 Å². The lowest BCUT2D eigenvalue weighted by molar-refractivity contribution is 0.760. The van der Waals surface area contributed by atoms with Gasteiger partial charge in [-0.3, -0.25) is 10.1 Å². The van der Waals surface area contributed by atoms with Gasteiger partial charge in [-0.05, 0) is 32.9 Å². The van der Waals surface area contributed by atoms with Crippen molar-refractivity contribution in [2.24, 2.45) is 0 Å². The molecule has 0 saturated heterocycles. The number of hydrogen-bond acceptors (Lipinski definition) is 3. The fourth-order valence-corrected chi connectivity index (χ4v) is 1.87. The van der Waals surface area contributed by atoms with Crippen LogP contribution in [0.3, 0.4) is 0 Å². The van der Waals surface area contributed by atoms with Gasteiger partial charge >= 0.3 is 0 Å². The first-order chi connectivity index (χ1) is 8.47. The van der Waals surface area contributed by atoms with E-state index in [9.17, 15) is 0 Å². The van der Waals surface area contributed by atoms with Crippen LogP contribution in [0.4, 0.5) is 5.82 Å². The van der Waals surface area contributed by atoms with E-state index in [0.29, 0.717) is 5.92 Å². The molecule has 0 unspecified atom stereocenters. The summed E-state index contributed by atoms with van der Waals surface area (Å²) in [6.07, 6.45) is 0. The summed E-state index contributed by atoms with van der Waals surface area (Å²) in [7, 11) is 0. The van der Waals surface area contributed by atoms with E-state index in [1.807, 2.05) is 17.7 Å². The number of anilines is 1. The third kappa shape index (κ3) is 2.53. The molecule has 0 aliphatic heterocycles. The monoisotopic (exact) mass is 244 g/mol. The molecule has 4 nitrogen and oxygen atoms in total. The zero-order chi connectivity index (χ0) is 13.3. The molecule has 0 aliphatic rings. The van der Waals surface area contributed by atoms with Crippen molar-refractivity contribution in [2.75, 3.05) is 5.43 Å². The quantitative estimate of drug-likeness (QED) is 0.901. The van der Waals surface area contributed by atoms with Crippen molar-refractivity contribution < 1.29 is 0 Å². The molecule has 0 spiro atoms. The minimum absolute atomic E-state index is 0.331. The van der Waals surface area contributed by atoms with Gasteiger partial charge in [-0.15, -0.1) is 0 Å². The molecule has 0 aliphatic carbocycles. The van der Waals surface area contributed by atoms with Gasteiger partial charge in [-0.2, -0.15) is 0 Å². The van der Waals surface area contributed by atoms with Crippen LogP contribution in [0.2, 0.25) is 0 Å². The second kappa shape index (κ2) is 4.80. The minimum Gasteiger partial charge on any atom is -0.277 e. The smallest absolute Gasteiger partial charge is 0.148 e. The molecule has 4 heteroatoms. The molecule has 2 heterocycles. The Balaban J connectivity index is 2.35. The highest BCUT2D eigenvalue weighted by atomic mass is 15.4. The third-order valence-electron chi connectivity index (χ3n) is 2.89. The SMILES string of the molecule is Cc1cc(Nn2c(C)ccc2C)nc(C(C)C)n1. The molecule has 0 saturated carbocycles. The minimum atomic E-state index is 0.331. The van der Waals surface area contributed by atoms with Gasteiger partial charge in [-0.1, -0.05) is 13.8 Å². The standard InChI is InChI=1S/C14H20N4/c1-9(2)14-15-10(3)8-13(16-14)17-18-11(4)6-7-12(18)5/h6-9H,1-5H3,(H,15,16,17). The van der Waals surface area contributed by atoms with Crippen molar-refractivity contribution in [2.45, 2.75) is 40.5 Å². The molecule has 0 fully saturated rings. The van der Waals surface area contributed by atoms with Crippen LogP contribution in [-0.2, 0) is 0 Å². The molecule has 1 N–H and O–H groups in total. The summed E-state index contributed by atoms with van der Waals surface area (Å²) in [5, 5.41) is 0. The summed E-state index contributed by atoms with van der Waals surface area (Å²) in [5.74, 6) is 2.05. The van der Waals surface area contributed by atoms with E-state index in [1.165, 1.54) is 0 Å². The average Bonchev–Trinajstić information content (AvgIpc) is 2.60. The zero-order valence-corrected chi connectivity index (χ0v) is 11.7. The molecule has 0 aromatic carbocycles. The van der Waals surface area contributed by atoms with E-state index >= 15 is 0 Å². The van der Waals surface area contributed by atoms with Gasteiger partial charge in [0.25, 0.3) is 0 Å². The fourth-order valence-electron chi connectivity index (χ4n) is 1.87. The number of aromatic nitrogens is 3. The molecule has 96 valence electrons. The molecule has 0 bridgehead atoms. The molecule has 2 rings (SSSR count). The highest BCUT2D eigenvalue weighted by Gasteiger charge is 2.07. The van der Waals surface area contributed by atoms with E-state index in [2.05, 4.69) is 55.2 Å². The van der Waals surface area contributed by atoms with Crippen LogP contribution in [-0.4, -0.2) is 14.6 Å². The van der Waals surface area contributed by atoms with Crippen molar-refractivity contribution in [1.29, 1.82) is 0 Å². The fraction of sp³-hybridized carbons (Fsp3) is 0.429. The molecular weight excluding hydrogens is 224 g/mol. The maximum atomic E-state index is 4.55. The van der Waals surface area contributed by atoms with Crippen molar-refractivity contribution in [3.8, 4) is 0 Å². The van der Waals surface area contributed by atoms with E-state index in [0.717, 1.165) is 28.7 Å². The number of nitrogens with zero attached hydrogens (tertiary/aromatic N) is 3. The first-order valence-corrected chi connectivity index (χ1v) is 6.25. The number of nitrogens with one attached hydrogen (secondary N) is 1. The van der Waals surface area contributed by atoms with Gasteiger partial charge in [0.05, 0.1) is 0 Å². The van der Waals surface area contributed by atoms with Gasteiger partial charge in [0.2, 0.25) is 0 Å². The highest BCUT2D eigenvalue weighted by Crippen LogP contribution is 2.15. The van der Waals surface area contributed by atoms with Gasteiger partial charge in [0.15, 0.2) is 0 Å². The number of rotatable bonds is 3. The van der Waals surface area contributed by atoms with Gasteiger partial charge in [-0.25, -0.2) is 9.97 Å². The van der Waals surface area contributed by atoms with E-state index < -0.39 is 0 Å². The molecular formula is C14H20N4. The second-order valence-corrected chi connectivity index (χ2v) is 4.97. The summed E-state index contributed by atoms with van der Waals surface area (Å²) < 4.78 is 2.03. The predicted molar refractivity (Wildman–Crippen MR) is 73.8 cm³/mol. The Kier molecular flexibility index (Phi) is 3.36. The van der Waals surface area contributed by atoms with Gasteiger partial charge in [0.1, 0.15) is 11.6 Å². The first kappa shape index (κ1) is 12.6. The van der Waals surface area contributed by atoms with Gasteiger partial charge < -0.3 is 0 Å². The number of hydrogen-bond donors (Lipinski definition) is 1. The Morgan fingerprint density at radius 1 is 1.06 bits per heavy atom. The zero-order valence-electron chi connectivity index (χ0n) is 11.7. The lowest BCUT2D eigenvalue weighted by Crippen LogP contribution is -2.15. The topological polar surface area (TPSA) is 42.7 Å². The van der Waals surface area contributed by atoms with Crippen molar-refractivity contribution in [3.05, 3.63) is 41.1 Å². The van der Waals surface area contributed by atoms with Crippen LogP contribution in [0.1, 0.15) is 42.7 Å². The molecule has 2 aromatic rings. The molecule has 0 amide bonds. The summed E-state index contributed by atoms with van der Waals surface area (Å²) in [6, 6.07) is 6.13. The maximum Gasteiger partial charge on any atom is 0.148 e. The molecule has 0 radical (unpaired) electrons. The first-order valence-electron chi connectivity index (χ1n) is 6.25. The van der Waals surface area contributed by atoms with Crippen LogP contribution >= 0.6 is 0 Å². The summed E-state index contributed by atoms with van der Waals surface area (Å²) in [4.78, 5) is 8.99. The maximum absolute atomic E-state index is 4.55. The Hall–Kier alpha value is -1.84. The molecule has 18 heavy (non-hydrogen) atoms. The van der Waals surface area contributed by atoms with Crippen molar-refractivity contribution >= 4 is 5.82 Å². The highest BCUT2D eigenvalue weighted by molar-refractivity contribution is 5.37. The lowest BCUT2D eigenvalue weighted by atomic mass is 10.2. The Labute approximate surface area is 108 Å². The van der Waals surface area contributed by atoms with E-state index in [1.54, 1.807) is 0 Å². The Bertz CT molecular complexity index is 535. The van der Waals surface area contributed by atoms with Gasteiger partial charge in [0, 0.05) is 29.1 Å². The summed E-state index contributed by atoms with van der Waals surface area (Å²) in [6.45, 7) is 10.3. The van der Waals surface area contributed by atoms with E-state index in [4.69, 9.17) is 0 Å². The third-order valence-corrected chi connectivity index (χ3v) is 2.89. The van der Waals surface area contributed by atoms with Crippen molar-refractivity contribution in [3.63, 3.8) is 0 Å². The molecule has 0 atom stereocenters. The molecule has 2 aromatic heterocycles. The predicted octanol–water partition coefficient (Wildman–Crippen LogP) is 3.20. The van der Waals surface area contributed by atoms with Crippen molar-refractivity contribution in [1.82, 2.24) is 14.6 Å². The van der Waals surface area contributed by atoms with Crippen LogP contribution in [0.5, 0.6) is 0 Å². The van der Waals surface area contributed by atoms with Crippen LogP contribution in [0.15, 0.2) is 18.2 Å². The largest absolute Gasteiger partial charge is 0.277 e. The normalized spacial score (nSPS) is 11.0. The van der Waals surface area contributed by atoms with Crippen LogP contribution < -0.4 is 5.43 Å². The Morgan fingerprint density at radius 3 is 2.22 bits per heavy atom. The lowest BCUT2D eigenvalue weighted by Gasteiger charge is -2.14. The van der Waals surface area contributed by atoms with Crippen LogP contribution in [0, 0.1) is 20.8 Å².